The van der Waals surface area contributed by atoms with Crippen molar-refractivity contribution in [2.75, 3.05) is 31.6 Å². The van der Waals surface area contributed by atoms with E-state index < -0.39 is 0 Å². The van der Waals surface area contributed by atoms with E-state index in [2.05, 4.69) is 10.3 Å². The van der Waals surface area contributed by atoms with Gasteiger partial charge in [-0.15, -0.1) is 11.3 Å². The molecular weight excluding hydrogens is 326 g/mol. The summed E-state index contributed by atoms with van der Waals surface area (Å²) in [6.45, 7) is 4.95. The first-order chi connectivity index (χ1) is 11.7. The first kappa shape index (κ1) is 16.9. The molecule has 0 bridgehead atoms. The number of thiazole rings is 1. The van der Waals surface area contributed by atoms with Crippen molar-refractivity contribution >= 4 is 22.9 Å². The number of hydrogen-bond acceptors (Lipinski definition) is 6. The second-order valence-electron chi connectivity index (χ2n) is 5.63. The second kappa shape index (κ2) is 7.74. The quantitative estimate of drug-likeness (QED) is 0.866. The van der Waals surface area contributed by atoms with Crippen molar-refractivity contribution < 1.29 is 14.6 Å². The zero-order chi connectivity index (χ0) is 16.9. The molecule has 1 saturated heterocycles. The van der Waals surface area contributed by atoms with E-state index in [4.69, 9.17) is 9.84 Å². The summed E-state index contributed by atoms with van der Waals surface area (Å²) in [7, 11) is 0. The van der Waals surface area contributed by atoms with Crippen molar-refractivity contribution in [3.05, 3.63) is 45.4 Å². The van der Waals surface area contributed by atoms with Gasteiger partial charge in [0.05, 0.1) is 32.1 Å². The van der Waals surface area contributed by atoms with E-state index in [1.807, 2.05) is 35.4 Å². The zero-order valence-corrected chi connectivity index (χ0v) is 14.4. The number of nitrogens with one attached hydrogen (secondary N) is 1. The number of morpholine rings is 1. The minimum atomic E-state index is -0.0426. The van der Waals surface area contributed by atoms with E-state index in [0.717, 1.165) is 21.8 Å². The molecule has 3 rings (SSSR count). The summed E-state index contributed by atoms with van der Waals surface area (Å²) in [6.07, 6.45) is 0. The van der Waals surface area contributed by atoms with E-state index in [0.29, 0.717) is 38.5 Å². The van der Waals surface area contributed by atoms with Crippen molar-refractivity contribution in [1.29, 1.82) is 0 Å². The molecule has 7 heteroatoms. The van der Waals surface area contributed by atoms with Crippen LogP contribution in [0.3, 0.4) is 0 Å². The molecule has 0 aliphatic carbocycles. The van der Waals surface area contributed by atoms with E-state index in [9.17, 15) is 4.79 Å². The zero-order valence-electron chi connectivity index (χ0n) is 13.6. The van der Waals surface area contributed by atoms with Gasteiger partial charge >= 0.3 is 0 Å². The van der Waals surface area contributed by atoms with Crippen molar-refractivity contribution in [1.82, 2.24) is 9.88 Å². The summed E-state index contributed by atoms with van der Waals surface area (Å²) in [5.41, 5.74) is 3.27. The molecule has 128 valence electrons. The maximum Gasteiger partial charge on any atom is 0.254 e. The summed E-state index contributed by atoms with van der Waals surface area (Å²) in [6, 6.07) is 5.72. The molecule has 24 heavy (non-hydrogen) atoms. The third kappa shape index (κ3) is 3.75. The van der Waals surface area contributed by atoms with Gasteiger partial charge in [0, 0.05) is 29.7 Å². The van der Waals surface area contributed by atoms with Crippen molar-refractivity contribution in [3.8, 4) is 0 Å². The Morgan fingerprint density at radius 2 is 2.21 bits per heavy atom. The molecule has 2 heterocycles. The molecule has 0 spiro atoms. The molecule has 1 aromatic carbocycles. The van der Waals surface area contributed by atoms with Crippen molar-refractivity contribution in [3.63, 3.8) is 0 Å². The summed E-state index contributed by atoms with van der Waals surface area (Å²) in [5, 5.41) is 15.2. The van der Waals surface area contributed by atoms with Crippen LogP contribution in [0.15, 0.2) is 23.6 Å². The van der Waals surface area contributed by atoms with Gasteiger partial charge < -0.3 is 20.1 Å². The number of aromatic nitrogens is 1. The molecule has 6 nitrogen and oxygen atoms in total. The molecule has 1 aromatic heterocycles. The average molecular weight is 347 g/mol. The summed E-state index contributed by atoms with van der Waals surface area (Å²) >= 11 is 1.51. The molecule has 1 aliphatic rings. The topological polar surface area (TPSA) is 74.7 Å². The summed E-state index contributed by atoms with van der Waals surface area (Å²) < 4.78 is 5.31. The number of nitrogens with zero attached hydrogens (tertiary/aromatic N) is 2. The smallest absolute Gasteiger partial charge is 0.254 e. The lowest BCUT2D eigenvalue weighted by Crippen LogP contribution is -2.41. The van der Waals surface area contributed by atoms with Crippen LogP contribution in [0, 0.1) is 6.92 Å². The highest BCUT2D eigenvalue weighted by Gasteiger charge is 2.20. The van der Waals surface area contributed by atoms with Gasteiger partial charge in [-0.3, -0.25) is 4.79 Å². The van der Waals surface area contributed by atoms with Gasteiger partial charge in [-0.05, 0) is 24.6 Å². The van der Waals surface area contributed by atoms with Gasteiger partial charge in [0.2, 0.25) is 0 Å². The number of amides is 1. The Morgan fingerprint density at radius 3 is 2.92 bits per heavy atom. The third-order valence-electron chi connectivity index (χ3n) is 4.05. The molecule has 0 saturated carbocycles. The maximum absolute atomic E-state index is 12.7. The van der Waals surface area contributed by atoms with Gasteiger partial charge in [0.1, 0.15) is 5.01 Å². The number of aliphatic hydroxyl groups excluding tert-OH is 1. The SMILES string of the molecule is Cc1c(NCc2nc(CO)cs2)cccc1C(=O)N1CCOCC1. The standard InChI is InChI=1S/C17H21N3O3S/c1-12-14(17(22)20-5-7-23-8-6-20)3-2-4-15(12)18-9-16-19-13(10-21)11-24-16/h2-4,11,18,21H,5-10H2,1H3. The lowest BCUT2D eigenvalue weighted by molar-refractivity contribution is 0.0302. The Hall–Kier alpha value is -1.96. The molecule has 2 aromatic rings. The van der Waals surface area contributed by atoms with Crippen LogP contribution in [0.25, 0.3) is 0 Å². The van der Waals surface area contributed by atoms with Crippen LogP contribution in [0.1, 0.15) is 26.6 Å². The Balaban J connectivity index is 1.71. The Morgan fingerprint density at radius 1 is 1.42 bits per heavy atom. The number of hydrogen-bond donors (Lipinski definition) is 2. The van der Waals surface area contributed by atoms with E-state index in [-0.39, 0.29) is 12.5 Å². The number of benzene rings is 1. The highest BCUT2D eigenvalue weighted by atomic mass is 32.1. The predicted octanol–water partition coefficient (Wildman–Crippen LogP) is 2.03. The van der Waals surface area contributed by atoms with E-state index in [1.54, 1.807) is 0 Å². The third-order valence-corrected chi connectivity index (χ3v) is 4.95. The summed E-state index contributed by atoms with van der Waals surface area (Å²) in [5.74, 6) is 0.0521. The number of anilines is 1. The highest BCUT2D eigenvalue weighted by molar-refractivity contribution is 7.09. The van der Waals surface area contributed by atoms with Crippen LogP contribution < -0.4 is 5.32 Å². The van der Waals surface area contributed by atoms with Gasteiger partial charge in [0.25, 0.3) is 5.91 Å². The maximum atomic E-state index is 12.7. The van der Waals surface area contributed by atoms with Crippen molar-refractivity contribution in [2.45, 2.75) is 20.1 Å². The predicted molar refractivity (Wildman–Crippen MR) is 93.3 cm³/mol. The van der Waals surface area contributed by atoms with Crippen LogP contribution >= 0.6 is 11.3 Å². The molecule has 1 aliphatic heterocycles. The van der Waals surface area contributed by atoms with Crippen molar-refractivity contribution in [2.24, 2.45) is 0 Å². The lowest BCUT2D eigenvalue weighted by atomic mass is 10.1. The largest absolute Gasteiger partial charge is 0.390 e. The van der Waals surface area contributed by atoms with Crippen LogP contribution in [-0.4, -0.2) is 47.2 Å². The highest BCUT2D eigenvalue weighted by Crippen LogP contribution is 2.22. The second-order valence-corrected chi connectivity index (χ2v) is 6.57. The van der Waals surface area contributed by atoms with E-state index >= 15 is 0 Å². The minimum Gasteiger partial charge on any atom is -0.390 e. The number of rotatable bonds is 5. The lowest BCUT2D eigenvalue weighted by Gasteiger charge is -2.27. The fourth-order valence-electron chi connectivity index (χ4n) is 2.67. The van der Waals surface area contributed by atoms with Crippen LogP contribution in [0.4, 0.5) is 5.69 Å². The Kier molecular flexibility index (Phi) is 5.44. The van der Waals surface area contributed by atoms with Crippen LogP contribution in [-0.2, 0) is 17.9 Å². The minimum absolute atomic E-state index is 0.0426. The first-order valence-electron chi connectivity index (χ1n) is 7.93. The van der Waals surface area contributed by atoms with Gasteiger partial charge in [0.15, 0.2) is 0 Å². The monoisotopic (exact) mass is 347 g/mol. The fourth-order valence-corrected chi connectivity index (χ4v) is 3.39. The van der Waals surface area contributed by atoms with Crippen LogP contribution in [0.2, 0.25) is 0 Å². The van der Waals surface area contributed by atoms with Gasteiger partial charge in [-0.2, -0.15) is 0 Å². The normalized spacial score (nSPS) is 14.7. The number of carbonyl (C=O) groups excluding carboxylic acids is 1. The molecule has 0 unspecified atom stereocenters. The molecule has 0 radical (unpaired) electrons. The average Bonchev–Trinajstić information content (AvgIpc) is 3.09. The molecular formula is C17H21N3O3S. The summed E-state index contributed by atoms with van der Waals surface area (Å²) in [4.78, 5) is 18.9. The van der Waals surface area contributed by atoms with Crippen LogP contribution in [0.5, 0.6) is 0 Å². The number of ether oxygens (including phenoxy) is 1. The number of carbonyl (C=O) groups is 1. The Bertz CT molecular complexity index is 711. The van der Waals surface area contributed by atoms with Gasteiger partial charge in [-0.25, -0.2) is 4.98 Å². The number of aliphatic hydroxyl groups is 1. The molecule has 1 amide bonds. The van der Waals surface area contributed by atoms with E-state index in [1.165, 1.54) is 11.3 Å². The fraction of sp³-hybridized carbons (Fsp3) is 0.412. The first-order valence-corrected chi connectivity index (χ1v) is 8.81. The molecule has 1 fully saturated rings. The molecule has 2 N–H and O–H groups in total. The van der Waals surface area contributed by atoms with Gasteiger partial charge in [-0.1, -0.05) is 6.07 Å². The Labute approximate surface area is 145 Å². The molecule has 0 atom stereocenters.